The zero-order chi connectivity index (χ0) is 23.5. The first kappa shape index (κ1) is 22.0. The Morgan fingerprint density at radius 1 is 1.15 bits per heavy atom. The van der Waals surface area contributed by atoms with Gasteiger partial charge >= 0.3 is 6.01 Å². The molecule has 0 aliphatic carbocycles. The molecule has 33 heavy (non-hydrogen) atoms. The Bertz CT molecular complexity index is 1400. The van der Waals surface area contributed by atoms with Gasteiger partial charge in [0.05, 0.1) is 22.3 Å². The quantitative estimate of drug-likeness (QED) is 0.386. The van der Waals surface area contributed by atoms with Crippen LogP contribution >= 0.6 is 22.9 Å². The molecule has 5 rings (SSSR count). The maximum atomic E-state index is 16.0. The molecule has 1 aliphatic rings. The Morgan fingerprint density at radius 2 is 1.88 bits per heavy atom. The van der Waals surface area contributed by atoms with Crippen molar-refractivity contribution in [3.63, 3.8) is 0 Å². The number of fused-ring (bicyclic) bond motifs is 2. The topological polar surface area (TPSA) is 77.2 Å². The zero-order valence-corrected chi connectivity index (χ0v) is 19.3. The summed E-state index contributed by atoms with van der Waals surface area (Å²) in [6, 6.07) is 5.11. The van der Waals surface area contributed by atoms with E-state index in [-0.39, 0.29) is 48.0 Å². The number of halogens is 4. The van der Waals surface area contributed by atoms with Crippen molar-refractivity contribution >= 4 is 55.0 Å². The summed E-state index contributed by atoms with van der Waals surface area (Å²) in [6.45, 7) is 2.06. The molecule has 2 aromatic carbocycles. The maximum absolute atomic E-state index is 16.0. The van der Waals surface area contributed by atoms with Gasteiger partial charge in [0, 0.05) is 42.4 Å². The maximum Gasteiger partial charge on any atom is 0.318 e. The van der Waals surface area contributed by atoms with Crippen LogP contribution in [0.1, 0.15) is 18.4 Å². The molecule has 0 radical (unpaired) electrons. The van der Waals surface area contributed by atoms with Crippen LogP contribution in [0.3, 0.4) is 0 Å². The molecule has 172 valence electrons. The lowest BCUT2D eigenvalue weighted by molar-refractivity contribution is -0.0221. The van der Waals surface area contributed by atoms with Gasteiger partial charge in [0.1, 0.15) is 11.3 Å². The van der Waals surface area contributed by atoms with Crippen molar-refractivity contribution in [2.45, 2.75) is 25.7 Å². The highest BCUT2D eigenvalue weighted by Gasteiger charge is 2.35. The first-order valence-electron chi connectivity index (χ1n) is 10.2. The second kappa shape index (κ2) is 7.88. The van der Waals surface area contributed by atoms with Gasteiger partial charge in [0.2, 0.25) is 0 Å². The summed E-state index contributed by atoms with van der Waals surface area (Å²) in [5, 5.41) is 0.827. The molecular weight excluding hydrogens is 475 g/mol. The van der Waals surface area contributed by atoms with E-state index >= 15 is 4.39 Å². The molecule has 4 aromatic rings. The number of nitrogens with two attached hydrogens (primary N) is 1. The van der Waals surface area contributed by atoms with Gasteiger partial charge in [-0.1, -0.05) is 35.1 Å². The zero-order valence-electron chi connectivity index (χ0n) is 17.8. The molecule has 0 unspecified atom stereocenters. The molecule has 0 saturated carbocycles. The normalized spacial score (nSPS) is 16.0. The van der Waals surface area contributed by atoms with Crippen LogP contribution in [0.5, 0.6) is 6.01 Å². The number of piperidine rings is 1. The lowest BCUT2D eigenvalue weighted by Gasteiger charge is -2.33. The van der Waals surface area contributed by atoms with Gasteiger partial charge < -0.3 is 15.4 Å². The van der Waals surface area contributed by atoms with Gasteiger partial charge in [0.15, 0.2) is 10.9 Å². The van der Waals surface area contributed by atoms with Gasteiger partial charge in [0.25, 0.3) is 5.92 Å². The number of anilines is 2. The second-order valence-corrected chi connectivity index (χ2v) is 9.42. The Kier molecular flexibility index (Phi) is 5.24. The van der Waals surface area contributed by atoms with Crippen molar-refractivity contribution < 1.29 is 17.9 Å². The van der Waals surface area contributed by atoms with Crippen LogP contribution in [0, 0.1) is 12.7 Å². The predicted molar refractivity (Wildman–Crippen MR) is 125 cm³/mol. The molecule has 0 spiro atoms. The van der Waals surface area contributed by atoms with Crippen molar-refractivity contribution in [1.82, 2.24) is 15.0 Å². The molecule has 2 aromatic heterocycles. The second-order valence-electron chi connectivity index (χ2n) is 7.98. The third-order valence-corrected chi connectivity index (χ3v) is 7.16. The highest BCUT2D eigenvalue weighted by molar-refractivity contribution is 7.22. The number of alkyl halides is 2. The van der Waals surface area contributed by atoms with E-state index in [4.69, 9.17) is 22.1 Å². The fourth-order valence-electron chi connectivity index (χ4n) is 4.14. The minimum absolute atomic E-state index is 0.00879. The van der Waals surface area contributed by atoms with Crippen LogP contribution < -0.4 is 15.4 Å². The average Bonchev–Trinajstić information content (AvgIpc) is 3.17. The first-order valence-corrected chi connectivity index (χ1v) is 11.4. The first-order chi connectivity index (χ1) is 15.7. The molecule has 11 heteroatoms. The molecule has 0 amide bonds. The number of aryl methyl sites for hydroxylation is 1. The van der Waals surface area contributed by atoms with Crippen LogP contribution in [0.4, 0.5) is 24.1 Å². The standard InChI is InChI=1S/C22H19ClF3N5OS/c1-10-3-4-11(17-18(10)33-20(27)28-17)14-13(23)9-12-16(15(14)24)29-21(32-2)30-19(12)31-7-5-22(25,26)6-8-31/h3-4,9H,5-8H2,1-2H3,(H2,27,28). The summed E-state index contributed by atoms with van der Waals surface area (Å²) in [6.07, 6.45) is -0.636. The van der Waals surface area contributed by atoms with Crippen molar-refractivity contribution in [2.75, 3.05) is 30.8 Å². The fraction of sp³-hybridized carbons (Fsp3) is 0.318. The van der Waals surface area contributed by atoms with Crippen LogP contribution in [-0.4, -0.2) is 41.1 Å². The Balaban J connectivity index is 1.74. The molecule has 0 bridgehead atoms. The highest BCUT2D eigenvalue weighted by atomic mass is 35.5. The van der Waals surface area contributed by atoms with Gasteiger partial charge in [-0.3, -0.25) is 0 Å². The molecule has 1 saturated heterocycles. The molecule has 1 fully saturated rings. The number of nitrogen functional groups attached to an aromatic ring is 1. The van der Waals surface area contributed by atoms with Gasteiger partial charge in [-0.25, -0.2) is 18.2 Å². The summed E-state index contributed by atoms with van der Waals surface area (Å²) in [5.41, 5.74) is 8.05. The van der Waals surface area contributed by atoms with Crippen LogP contribution in [0.2, 0.25) is 5.02 Å². The van der Waals surface area contributed by atoms with Gasteiger partial charge in [-0.05, 0) is 18.6 Å². The highest BCUT2D eigenvalue weighted by Crippen LogP contribution is 2.43. The number of benzene rings is 2. The lowest BCUT2D eigenvalue weighted by atomic mass is 9.99. The SMILES string of the molecule is COc1nc(N2CCC(F)(F)CC2)c2cc(Cl)c(-c3ccc(C)c4sc(N)nc34)c(F)c2n1. The van der Waals surface area contributed by atoms with E-state index in [2.05, 4.69) is 15.0 Å². The Morgan fingerprint density at radius 3 is 2.58 bits per heavy atom. The molecule has 1 aliphatic heterocycles. The third-order valence-electron chi connectivity index (χ3n) is 5.85. The monoisotopic (exact) mass is 493 g/mol. The number of hydrogen-bond acceptors (Lipinski definition) is 7. The molecular formula is C22H19ClF3N5OS. The predicted octanol–water partition coefficient (Wildman–Crippen LogP) is 5.83. The summed E-state index contributed by atoms with van der Waals surface area (Å²) < 4.78 is 49.4. The summed E-state index contributed by atoms with van der Waals surface area (Å²) in [7, 11) is 1.37. The lowest BCUT2D eigenvalue weighted by Crippen LogP contribution is -2.40. The number of nitrogens with zero attached hydrogens (tertiary/aromatic N) is 4. The average molecular weight is 494 g/mol. The number of aromatic nitrogens is 3. The number of thiazole rings is 1. The summed E-state index contributed by atoms with van der Waals surface area (Å²) in [4.78, 5) is 14.6. The molecule has 2 N–H and O–H groups in total. The smallest absolute Gasteiger partial charge is 0.318 e. The molecule has 0 atom stereocenters. The van der Waals surface area contributed by atoms with E-state index in [9.17, 15) is 8.78 Å². The summed E-state index contributed by atoms with van der Waals surface area (Å²) >= 11 is 7.92. The van der Waals surface area contributed by atoms with E-state index in [1.807, 2.05) is 13.0 Å². The van der Waals surface area contributed by atoms with E-state index in [0.717, 1.165) is 10.3 Å². The van der Waals surface area contributed by atoms with Crippen molar-refractivity contribution in [3.8, 4) is 17.1 Å². The van der Waals surface area contributed by atoms with Crippen molar-refractivity contribution in [2.24, 2.45) is 0 Å². The number of rotatable bonds is 3. The van der Waals surface area contributed by atoms with Crippen LogP contribution in [-0.2, 0) is 0 Å². The van der Waals surface area contributed by atoms with Gasteiger partial charge in [-0.15, -0.1) is 0 Å². The minimum atomic E-state index is -2.73. The Hall–Kier alpha value is -2.85. The van der Waals surface area contributed by atoms with E-state index < -0.39 is 11.7 Å². The largest absolute Gasteiger partial charge is 0.467 e. The Labute approximate surface area is 196 Å². The van der Waals surface area contributed by atoms with E-state index in [1.165, 1.54) is 18.4 Å². The van der Waals surface area contributed by atoms with Crippen molar-refractivity contribution in [3.05, 3.63) is 34.6 Å². The van der Waals surface area contributed by atoms with Crippen molar-refractivity contribution in [1.29, 1.82) is 0 Å². The summed E-state index contributed by atoms with van der Waals surface area (Å²) in [5.74, 6) is -3.09. The number of methoxy groups -OCH3 is 1. The third kappa shape index (κ3) is 3.71. The molecule has 3 heterocycles. The van der Waals surface area contributed by atoms with E-state index in [1.54, 1.807) is 17.0 Å². The van der Waals surface area contributed by atoms with E-state index in [0.29, 0.717) is 27.4 Å². The van der Waals surface area contributed by atoms with Gasteiger partial charge in [-0.2, -0.15) is 9.97 Å². The number of hydrogen-bond donors (Lipinski definition) is 1. The molecule has 6 nitrogen and oxygen atoms in total. The number of ether oxygens (including phenoxy) is 1. The minimum Gasteiger partial charge on any atom is -0.467 e. The fourth-order valence-corrected chi connectivity index (χ4v) is 5.26. The van der Waals surface area contributed by atoms with Crippen LogP contribution in [0.25, 0.3) is 32.2 Å². The van der Waals surface area contributed by atoms with Crippen LogP contribution in [0.15, 0.2) is 18.2 Å².